The fraction of sp³-hybridized carbons (Fsp3) is 0.333. The van der Waals surface area contributed by atoms with Crippen molar-refractivity contribution in [2.75, 3.05) is 6.61 Å². The molecule has 0 atom stereocenters. The molecule has 74 valence electrons. The summed E-state index contributed by atoms with van der Waals surface area (Å²) in [4.78, 5) is 4.16. The van der Waals surface area contributed by atoms with Gasteiger partial charge in [-0.1, -0.05) is 0 Å². The van der Waals surface area contributed by atoms with Gasteiger partial charge in [0.2, 0.25) is 0 Å². The third-order valence-electron chi connectivity index (χ3n) is 1.88. The number of halogens is 1. The molecule has 0 aliphatic carbocycles. The van der Waals surface area contributed by atoms with E-state index in [1.807, 2.05) is 19.2 Å². The summed E-state index contributed by atoms with van der Waals surface area (Å²) in [6, 6.07) is 2.00. The standard InChI is InChI=1S/C9H10BrN3O/c1-2-14-5-7-3-8(10)4-13-9(7)11-6-12-13/h3-4,6H,2,5H2,1H3. The maximum absolute atomic E-state index is 5.35. The summed E-state index contributed by atoms with van der Waals surface area (Å²) in [5.74, 6) is 0. The van der Waals surface area contributed by atoms with E-state index in [1.165, 1.54) is 6.33 Å². The van der Waals surface area contributed by atoms with Crippen LogP contribution in [0.1, 0.15) is 12.5 Å². The molecule has 0 saturated carbocycles. The molecule has 0 aromatic carbocycles. The summed E-state index contributed by atoms with van der Waals surface area (Å²) >= 11 is 3.42. The first-order valence-electron chi connectivity index (χ1n) is 4.36. The van der Waals surface area contributed by atoms with Crippen LogP contribution in [0.5, 0.6) is 0 Å². The predicted molar refractivity (Wildman–Crippen MR) is 56.0 cm³/mol. The highest BCUT2D eigenvalue weighted by atomic mass is 79.9. The minimum atomic E-state index is 0.568. The molecule has 2 aromatic heterocycles. The molecule has 0 unspecified atom stereocenters. The minimum Gasteiger partial charge on any atom is -0.377 e. The molecule has 2 rings (SSSR count). The maximum atomic E-state index is 5.35. The van der Waals surface area contributed by atoms with Crippen LogP contribution in [0, 0.1) is 0 Å². The van der Waals surface area contributed by atoms with E-state index >= 15 is 0 Å². The van der Waals surface area contributed by atoms with Crippen molar-refractivity contribution in [3.05, 3.63) is 28.6 Å². The van der Waals surface area contributed by atoms with Crippen LogP contribution in [0.3, 0.4) is 0 Å². The van der Waals surface area contributed by atoms with E-state index in [0.717, 1.165) is 15.7 Å². The monoisotopic (exact) mass is 255 g/mol. The number of pyridine rings is 1. The van der Waals surface area contributed by atoms with Gasteiger partial charge < -0.3 is 4.74 Å². The van der Waals surface area contributed by atoms with Gasteiger partial charge in [-0.05, 0) is 28.9 Å². The second kappa shape index (κ2) is 4.06. The molecule has 2 heterocycles. The van der Waals surface area contributed by atoms with Gasteiger partial charge in [0.1, 0.15) is 6.33 Å². The first-order chi connectivity index (χ1) is 6.81. The third-order valence-corrected chi connectivity index (χ3v) is 2.31. The first-order valence-corrected chi connectivity index (χ1v) is 5.16. The van der Waals surface area contributed by atoms with Crippen molar-refractivity contribution < 1.29 is 4.74 Å². The molecular formula is C9H10BrN3O. The molecule has 4 nitrogen and oxygen atoms in total. The van der Waals surface area contributed by atoms with E-state index in [9.17, 15) is 0 Å². The Morgan fingerprint density at radius 3 is 3.21 bits per heavy atom. The molecule has 0 spiro atoms. The Hall–Kier alpha value is -0.940. The van der Waals surface area contributed by atoms with Crippen LogP contribution < -0.4 is 0 Å². The fourth-order valence-electron chi connectivity index (χ4n) is 1.28. The molecule has 0 fully saturated rings. The zero-order valence-electron chi connectivity index (χ0n) is 7.77. The lowest BCUT2D eigenvalue weighted by Crippen LogP contribution is -1.97. The zero-order chi connectivity index (χ0) is 9.97. The van der Waals surface area contributed by atoms with Crippen molar-refractivity contribution in [3.63, 3.8) is 0 Å². The summed E-state index contributed by atoms with van der Waals surface area (Å²) in [6.45, 7) is 3.24. The minimum absolute atomic E-state index is 0.568. The van der Waals surface area contributed by atoms with Gasteiger partial charge in [0.05, 0.1) is 6.61 Å². The molecule has 14 heavy (non-hydrogen) atoms. The maximum Gasteiger partial charge on any atom is 0.160 e. The lowest BCUT2D eigenvalue weighted by molar-refractivity contribution is 0.134. The third kappa shape index (κ3) is 1.78. The molecule has 5 heteroatoms. The van der Waals surface area contributed by atoms with Crippen molar-refractivity contribution >= 4 is 21.6 Å². The van der Waals surface area contributed by atoms with Crippen LogP contribution in [-0.2, 0) is 11.3 Å². The molecular weight excluding hydrogens is 246 g/mol. The number of nitrogens with zero attached hydrogens (tertiary/aromatic N) is 3. The summed E-state index contributed by atoms with van der Waals surface area (Å²) in [6.07, 6.45) is 3.41. The summed E-state index contributed by atoms with van der Waals surface area (Å²) < 4.78 is 8.06. The van der Waals surface area contributed by atoms with E-state index in [0.29, 0.717) is 13.2 Å². The number of rotatable bonds is 3. The molecule has 0 N–H and O–H groups in total. The quantitative estimate of drug-likeness (QED) is 0.843. The van der Waals surface area contributed by atoms with Gasteiger partial charge in [-0.25, -0.2) is 9.50 Å². The summed E-state index contributed by atoms with van der Waals surface area (Å²) in [5.41, 5.74) is 1.89. The average Bonchev–Trinajstić information content (AvgIpc) is 2.61. The largest absolute Gasteiger partial charge is 0.377 e. The van der Waals surface area contributed by atoms with Crippen molar-refractivity contribution in [1.82, 2.24) is 14.6 Å². The molecule has 0 aliphatic heterocycles. The van der Waals surface area contributed by atoms with Crippen LogP contribution in [-0.4, -0.2) is 21.2 Å². The Morgan fingerprint density at radius 2 is 2.43 bits per heavy atom. The number of ether oxygens (including phenoxy) is 1. The lowest BCUT2D eigenvalue weighted by Gasteiger charge is -2.03. The van der Waals surface area contributed by atoms with Crippen LogP contribution in [0.15, 0.2) is 23.1 Å². The fourth-order valence-corrected chi connectivity index (χ4v) is 1.75. The average molecular weight is 256 g/mol. The molecule has 0 radical (unpaired) electrons. The van der Waals surface area contributed by atoms with Gasteiger partial charge in [0.15, 0.2) is 5.65 Å². The van der Waals surface area contributed by atoms with Crippen LogP contribution >= 0.6 is 15.9 Å². The van der Waals surface area contributed by atoms with E-state index in [4.69, 9.17) is 4.74 Å². The molecule has 0 amide bonds. The zero-order valence-corrected chi connectivity index (χ0v) is 9.36. The predicted octanol–water partition coefficient (Wildman–Crippen LogP) is 2.03. The van der Waals surface area contributed by atoms with E-state index in [1.54, 1.807) is 4.52 Å². The van der Waals surface area contributed by atoms with Crippen molar-refractivity contribution in [1.29, 1.82) is 0 Å². The van der Waals surface area contributed by atoms with E-state index in [-0.39, 0.29) is 0 Å². The highest BCUT2D eigenvalue weighted by molar-refractivity contribution is 9.10. The second-order valence-electron chi connectivity index (χ2n) is 2.85. The van der Waals surface area contributed by atoms with Crippen LogP contribution in [0.2, 0.25) is 0 Å². The molecule has 0 saturated heterocycles. The highest BCUT2D eigenvalue weighted by Crippen LogP contribution is 2.16. The van der Waals surface area contributed by atoms with Gasteiger partial charge in [-0.3, -0.25) is 0 Å². The van der Waals surface area contributed by atoms with Crippen LogP contribution in [0.25, 0.3) is 5.65 Å². The van der Waals surface area contributed by atoms with Gasteiger partial charge in [-0.2, -0.15) is 5.10 Å². The number of hydrogen-bond acceptors (Lipinski definition) is 3. The van der Waals surface area contributed by atoms with Gasteiger partial charge >= 0.3 is 0 Å². The van der Waals surface area contributed by atoms with E-state index < -0.39 is 0 Å². The topological polar surface area (TPSA) is 39.4 Å². The second-order valence-corrected chi connectivity index (χ2v) is 3.76. The van der Waals surface area contributed by atoms with Crippen molar-refractivity contribution in [2.24, 2.45) is 0 Å². The summed E-state index contributed by atoms with van der Waals surface area (Å²) in [7, 11) is 0. The van der Waals surface area contributed by atoms with Gasteiger partial charge in [0.25, 0.3) is 0 Å². The molecule has 0 aliphatic rings. The number of hydrogen-bond donors (Lipinski definition) is 0. The number of fused-ring (bicyclic) bond motifs is 1. The Kier molecular flexibility index (Phi) is 2.79. The Balaban J connectivity index is 2.44. The van der Waals surface area contributed by atoms with Crippen molar-refractivity contribution in [3.8, 4) is 0 Å². The summed E-state index contributed by atoms with van der Waals surface area (Å²) in [5, 5.41) is 4.07. The Labute approximate surface area is 90.0 Å². The number of aromatic nitrogens is 3. The SMILES string of the molecule is CCOCc1cc(Br)cn2ncnc12. The van der Waals surface area contributed by atoms with Crippen molar-refractivity contribution in [2.45, 2.75) is 13.5 Å². The van der Waals surface area contributed by atoms with Gasteiger partial charge in [0, 0.05) is 22.8 Å². The molecule has 0 bridgehead atoms. The first kappa shape index (κ1) is 9.61. The van der Waals surface area contributed by atoms with Gasteiger partial charge in [-0.15, -0.1) is 0 Å². The Morgan fingerprint density at radius 1 is 1.57 bits per heavy atom. The Bertz CT molecular complexity index is 441. The van der Waals surface area contributed by atoms with E-state index in [2.05, 4.69) is 26.0 Å². The highest BCUT2D eigenvalue weighted by Gasteiger charge is 2.04. The molecule has 2 aromatic rings. The lowest BCUT2D eigenvalue weighted by atomic mass is 10.3. The normalized spacial score (nSPS) is 11.0. The van der Waals surface area contributed by atoms with Crippen LogP contribution in [0.4, 0.5) is 0 Å². The smallest absolute Gasteiger partial charge is 0.160 e.